The number of hydrogen-bond acceptors (Lipinski definition) is 3. The maximum atomic E-state index is 6.03. The van der Waals surface area contributed by atoms with Crippen LogP contribution < -0.4 is 5.73 Å². The van der Waals surface area contributed by atoms with Gasteiger partial charge in [0.2, 0.25) is 0 Å². The van der Waals surface area contributed by atoms with Crippen molar-refractivity contribution in [3.63, 3.8) is 0 Å². The van der Waals surface area contributed by atoms with E-state index in [9.17, 15) is 0 Å². The number of hydrogen-bond donors (Lipinski definition) is 1. The lowest BCUT2D eigenvalue weighted by molar-refractivity contribution is 0.252. The number of pyridine rings is 1. The van der Waals surface area contributed by atoms with Crippen molar-refractivity contribution in [2.45, 2.75) is 19.4 Å². The number of aromatic nitrogens is 1. The number of aryl methyl sites for hydroxylation is 1. The van der Waals surface area contributed by atoms with Gasteiger partial charge in [0.05, 0.1) is 0 Å². The molecule has 21 heavy (non-hydrogen) atoms. The molecule has 3 nitrogen and oxygen atoms in total. The summed E-state index contributed by atoms with van der Waals surface area (Å²) < 4.78 is 0. The van der Waals surface area contributed by atoms with Gasteiger partial charge in [-0.25, -0.2) is 0 Å². The Hall–Kier alpha value is -1.42. The second-order valence-corrected chi connectivity index (χ2v) is 5.77. The van der Waals surface area contributed by atoms with Crippen molar-refractivity contribution in [3.05, 3.63) is 64.4 Å². The Morgan fingerprint density at radius 1 is 1.24 bits per heavy atom. The lowest BCUT2D eigenvalue weighted by Gasteiger charge is -2.28. The molecule has 0 bridgehead atoms. The van der Waals surface area contributed by atoms with Crippen LogP contribution in [0, 0.1) is 6.92 Å². The first kappa shape index (κ1) is 16.0. The Labute approximate surface area is 131 Å². The minimum atomic E-state index is 0.212. The molecule has 0 amide bonds. The minimum absolute atomic E-state index is 0.212. The molecule has 0 spiro atoms. The molecule has 0 radical (unpaired) electrons. The van der Waals surface area contributed by atoms with E-state index < -0.39 is 0 Å². The molecule has 2 aromatic rings. The Morgan fingerprint density at radius 3 is 2.57 bits per heavy atom. The predicted octanol–water partition coefficient (Wildman–Crippen LogP) is 3.22. The predicted molar refractivity (Wildman–Crippen MR) is 88.6 cm³/mol. The van der Waals surface area contributed by atoms with Crippen LogP contribution >= 0.6 is 11.6 Å². The Balaban J connectivity index is 2.06. The largest absolute Gasteiger partial charge is 0.329 e. The van der Waals surface area contributed by atoms with Crippen LogP contribution in [-0.2, 0) is 6.42 Å². The Bertz CT molecular complexity index is 572. The zero-order valence-electron chi connectivity index (χ0n) is 12.6. The lowest BCUT2D eigenvalue weighted by Crippen LogP contribution is -2.32. The van der Waals surface area contributed by atoms with Gasteiger partial charge in [-0.3, -0.25) is 9.88 Å². The van der Waals surface area contributed by atoms with Crippen molar-refractivity contribution >= 4 is 11.6 Å². The standard InChI is InChI=1S/C17H22ClN3/c1-13-11-15(18)3-4-16(13)17(12-19)21(2)10-7-14-5-8-20-9-6-14/h3-6,8-9,11,17H,7,10,12,19H2,1-2H3. The smallest absolute Gasteiger partial charge is 0.0470 e. The van der Waals surface area contributed by atoms with Crippen molar-refractivity contribution in [1.29, 1.82) is 0 Å². The van der Waals surface area contributed by atoms with Gasteiger partial charge in [0.1, 0.15) is 0 Å². The van der Waals surface area contributed by atoms with Gasteiger partial charge in [-0.2, -0.15) is 0 Å². The second kappa shape index (κ2) is 7.55. The first-order chi connectivity index (χ1) is 10.1. The minimum Gasteiger partial charge on any atom is -0.329 e. The fourth-order valence-electron chi connectivity index (χ4n) is 2.57. The van der Waals surface area contributed by atoms with Gasteiger partial charge in [-0.15, -0.1) is 0 Å². The van der Waals surface area contributed by atoms with E-state index in [0.717, 1.165) is 18.0 Å². The molecule has 1 heterocycles. The van der Waals surface area contributed by atoms with Gasteiger partial charge in [0, 0.05) is 36.5 Å². The summed E-state index contributed by atoms with van der Waals surface area (Å²) in [6.07, 6.45) is 4.65. The highest BCUT2D eigenvalue weighted by Gasteiger charge is 2.17. The van der Waals surface area contributed by atoms with Crippen LogP contribution in [0.4, 0.5) is 0 Å². The fourth-order valence-corrected chi connectivity index (χ4v) is 2.79. The van der Waals surface area contributed by atoms with Crippen LogP contribution in [0.2, 0.25) is 5.02 Å². The first-order valence-electron chi connectivity index (χ1n) is 7.17. The Morgan fingerprint density at radius 2 is 1.95 bits per heavy atom. The third-order valence-corrected chi connectivity index (χ3v) is 4.08. The molecule has 112 valence electrons. The molecule has 0 aliphatic carbocycles. The Kier molecular flexibility index (Phi) is 5.74. The van der Waals surface area contributed by atoms with E-state index in [1.54, 1.807) is 0 Å². The van der Waals surface area contributed by atoms with Gasteiger partial charge in [0.25, 0.3) is 0 Å². The van der Waals surface area contributed by atoms with Gasteiger partial charge in [-0.05, 0) is 61.3 Å². The number of halogens is 1. The highest BCUT2D eigenvalue weighted by atomic mass is 35.5. The molecule has 4 heteroatoms. The van der Waals surface area contributed by atoms with Crippen LogP contribution in [-0.4, -0.2) is 30.0 Å². The number of benzene rings is 1. The summed E-state index contributed by atoms with van der Waals surface area (Å²) in [6.45, 7) is 3.63. The summed E-state index contributed by atoms with van der Waals surface area (Å²) in [5.41, 5.74) is 9.73. The third-order valence-electron chi connectivity index (χ3n) is 3.85. The molecule has 1 atom stereocenters. The van der Waals surface area contributed by atoms with Gasteiger partial charge in [-0.1, -0.05) is 17.7 Å². The summed E-state index contributed by atoms with van der Waals surface area (Å²) in [6, 6.07) is 10.3. The monoisotopic (exact) mass is 303 g/mol. The molecule has 1 aromatic heterocycles. The number of nitrogens with two attached hydrogens (primary N) is 1. The van der Waals surface area contributed by atoms with Crippen LogP contribution in [0.1, 0.15) is 22.7 Å². The van der Waals surface area contributed by atoms with E-state index in [0.29, 0.717) is 6.54 Å². The van der Waals surface area contributed by atoms with Gasteiger partial charge >= 0.3 is 0 Å². The summed E-state index contributed by atoms with van der Waals surface area (Å²) in [4.78, 5) is 6.35. The SMILES string of the molecule is Cc1cc(Cl)ccc1C(CN)N(C)CCc1ccncc1. The van der Waals surface area contributed by atoms with Gasteiger partial charge < -0.3 is 5.73 Å². The number of likely N-dealkylation sites (N-methyl/N-ethyl adjacent to an activating group) is 1. The highest BCUT2D eigenvalue weighted by molar-refractivity contribution is 6.30. The van der Waals surface area contributed by atoms with Gasteiger partial charge in [0.15, 0.2) is 0 Å². The number of nitrogens with zero attached hydrogens (tertiary/aromatic N) is 2. The summed E-state index contributed by atoms with van der Waals surface area (Å²) in [5.74, 6) is 0. The first-order valence-corrected chi connectivity index (χ1v) is 7.55. The molecule has 0 saturated carbocycles. The lowest BCUT2D eigenvalue weighted by atomic mass is 10.00. The fraction of sp³-hybridized carbons (Fsp3) is 0.353. The molecule has 0 aliphatic heterocycles. The van der Waals surface area contributed by atoms with Crippen molar-refractivity contribution < 1.29 is 0 Å². The average Bonchev–Trinajstić information content (AvgIpc) is 2.49. The van der Waals surface area contributed by atoms with E-state index in [4.69, 9.17) is 17.3 Å². The topological polar surface area (TPSA) is 42.1 Å². The molecule has 0 fully saturated rings. The van der Waals surface area contributed by atoms with E-state index >= 15 is 0 Å². The molecule has 2 N–H and O–H groups in total. The molecule has 0 aliphatic rings. The zero-order chi connectivity index (χ0) is 15.2. The molecule has 1 aromatic carbocycles. The average molecular weight is 304 g/mol. The zero-order valence-corrected chi connectivity index (χ0v) is 13.3. The van der Waals surface area contributed by atoms with E-state index in [2.05, 4.69) is 42.1 Å². The molecular formula is C17H22ClN3. The molecule has 2 rings (SSSR count). The van der Waals surface area contributed by atoms with Crippen LogP contribution in [0.3, 0.4) is 0 Å². The van der Waals surface area contributed by atoms with E-state index in [1.807, 2.05) is 24.5 Å². The summed E-state index contributed by atoms with van der Waals surface area (Å²) in [7, 11) is 2.12. The van der Waals surface area contributed by atoms with Crippen molar-refractivity contribution in [3.8, 4) is 0 Å². The number of rotatable bonds is 6. The highest BCUT2D eigenvalue weighted by Crippen LogP contribution is 2.24. The second-order valence-electron chi connectivity index (χ2n) is 5.34. The molecule has 1 unspecified atom stereocenters. The maximum absolute atomic E-state index is 6.03. The van der Waals surface area contributed by atoms with E-state index in [1.165, 1.54) is 16.7 Å². The normalized spacial score (nSPS) is 12.6. The maximum Gasteiger partial charge on any atom is 0.0470 e. The van der Waals surface area contributed by atoms with Crippen molar-refractivity contribution in [1.82, 2.24) is 9.88 Å². The van der Waals surface area contributed by atoms with Crippen LogP contribution in [0.25, 0.3) is 0 Å². The van der Waals surface area contributed by atoms with Crippen LogP contribution in [0.15, 0.2) is 42.7 Å². The quantitative estimate of drug-likeness (QED) is 0.891. The summed E-state index contributed by atoms with van der Waals surface area (Å²) >= 11 is 6.03. The summed E-state index contributed by atoms with van der Waals surface area (Å²) in [5, 5.41) is 0.770. The molecule has 0 saturated heterocycles. The van der Waals surface area contributed by atoms with Crippen molar-refractivity contribution in [2.24, 2.45) is 5.73 Å². The molecular weight excluding hydrogens is 282 g/mol. The third kappa shape index (κ3) is 4.27. The van der Waals surface area contributed by atoms with E-state index in [-0.39, 0.29) is 6.04 Å². The van der Waals surface area contributed by atoms with Crippen molar-refractivity contribution in [2.75, 3.05) is 20.1 Å². The van der Waals surface area contributed by atoms with Crippen LogP contribution in [0.5, 0.6) is 0 Å².